The lowest BCUT2D eigenvalue weighted by Crippen LogP contribution is -2.44. The fourth-order valence-corrected chi connectivity index (χ4v) is 3.77. The number of nitrogens with zero attached hydrogens (tertiary/aromatic N) is 3. The molecule has 1 aliphatic heterocycles. The summed E-state index contributed by atoms with van der Waals surface area (Å²) in [5.41, 5.74) is 0.641. The fraction of sp³-hybridized carbons (Fsp3) is 0.619. The van der Waals surface area contributed by atoms with Gasteiger partial charge in [-0.3, -0.25) is 0 Å². The zero-order valence-electron chi connectivity index (χ0n) is 17.1. The second-order valence-electron chi connectivity index (χ2n) is 8.12. The minimum absolute atomic E-state index is 0.0487. The first kappa shape index (κ1) is 21.1. The minimum Gasteiger partial charge on any atom is -0.478 e. The van der Waals surface area contributed by atoms with Crippen LogP contribution in [0.5, 0.6) is 0 Å². The molecule has 0 amide bonds. The number of esters is 1. The predicted molar refractivity (Wildman–Crippen MR) is 109 cm³/mol. The molecule has 3 rings (SSSR count). The summed E-state index contributed by atoms with van der Waals surface area (Å²) >= 11 is 0. The third kappa shape index (κ3) is 5.92. The summed E-state index contributed by atoms with van der Waals surface area (Å²) in [6, 6.07) is 0.172. The van der Waals surface area contributed by atoms with Gasteiger partial charge in [-0.25, -0.2) is 19.6 Å². The molecule has 2 aliphatic rings. The Kier molecular flexibility index (Phi) is 7.06. The minimum atomic E-state index is -1.03. The van der Waals surface area contributed by atoms with Crippen LogP contribution >= 0.6 is 0 Å². The Balaban J connectivity index is 1.55. The van der Waals surface area contributed by atoms with E-state index in [1.807, 2.05) is 24.8 Å². The van der Waals surface area contributed by atoms with Gasteiger partial charge in [0.15, 0.2) is 0 Å². The highest BCUT2D eigenvalue weighted by Gasteiger charge is 2.26. The molecule has 1 aromatic rings. The summed E-state index contributed by atoms with van der Waals surface area (Å²) in [5.74, 6) is -0.504. The Bertz CT molecular complexity index is 734. The van der Waals surface area contributed by atoms with E-state index in [9.17, 15) is 9.59 Å². The molecule has 1 aliphatic carbocycles. The van der Waals surface area contributed by atoms with E-state index in [0.29, 0.717) is 11.6 Å². The van der Waals surface area contributed by atoms with Crippen molar-refractivity contribution in [3.63, 3.8) is 0 Å². The number of anilines is 1. The molecule has 8 heteroatoms. The van der Waals surface area contributed by atoms with E-state index in [0.717, 1.165) is 51.6 Å². The molecule has 2 heterocycles. The van der Waals surface area contributed by atoms with Crippen LogP contribution in [0.4, 0.5) is 5.95 Å². The molecule has 1 saturated heterocycles. The Hall–Kier alpha value is -2.64. The van der Waals surface area contributed by atoms with Crippen LogP contribution in [0.2, 0.25) is 0 Å². The molecule has 0 bridgehead atoms. The van der Waals surface area contributed by atoms with E-state index in [4.69, 9.17) is 9.84 Å². The molecule has 2 N–H and O–H groups in total. The maximum atomic E-state index is 12.6. The molecule has 0 aromatic carbocycles. The van der Waals surface area contributed by atoms with Gasteiger partial charge in [-0.2, -0.15) is 0 Å². The average Bonchev–Trinajstić information content (AvgIpc) is 3.21. The van der Waals surface area contributed by atoms with E-state index < -0.39 is 5.97 Å². The van der Waals surface area contributed by atoms with Crippen molar-refractivity contribution in [2.45, 2.75) is 64.5 Å². The molecule has 0 spiro atoms. The van der Waals surface area contributed by atoms with Gasteiger partial charge >= 0.3 is 11.9 Å². The number of carbonyl (C=O) groups is 2. The Morgan fingerprint density at radius 2 is 1.79 bits per heavy atom. The number of aromatic nitrogens is 2. The van der Waals surface area contributed by atoms with Crippen molar-refractivity contribution in [3.8, 4) is 0 Å². The van der Waals surface area contributed by atoms with Crippen molar-refractivity contribution in [2.24, 2.45) is 5.92 Å². The smallest absolute Gasteiger partial charge is 0.354 e. The van der Waals surface area contributed by atoms with Crippen LogP contribution in [0.25, 0.3) is 0 Å². The van der Waals surface area contributed by atoms with Crippen molar-refractivity contribution in [2.75, 3.05) is 18.0 Å². The Labute approximate surface area is 171 Å². The lowest BCUT2D eigenvalue weighted by atomic mass is 10.0. The largest absolute Gasteiger partial charge is 0.478 e. The summed E-state index contributed by atoms with van der Waals surface area (Å²) < 4.78 is 5.69. The van der Waals surface area contributed by atoms with E-state index >= 15 is 0 Å². The van der Waals surface area contributed by atoms with Crippen molar-refractivity contribution >= 4 is 17.9 Å². The van der Waals surface area contributed by atoms with E-state index in [1.165, 1.54) is 12.4 Å². The molecule has 0 radical (unpaired) electrons. The van der Waals surface area contributed by atoms with Gasteiger partial charge in [0.2, 0.25) is 5.95 Å². The molecular formula is C21H30N4O4. The lowest BCUT2D eigenvalue weighted by Gasteiger charge is -2.33. The number of nitrogens with one attached hydrogen (secondary N) is 1. The van der Waals surface area contributed by atoms with Crippen LogP contribution in [-0.2, 0) is 9.53 Å². The Morgan fingerprint density at radius 3 is 2.34 bits per heavy atom. The highest BCUT2D eigenvalue weighted by molar-refractivity contribution is 5.88. The number of hydrogen-bond acceptors (Lipinski definition) is 7. The zero-order chi connectivity index (χ0) is 20.8. The van der Waals surface area contributed by atoms with E-state index in [2.05, 4.69) is 15.3 Å². The lowest BCUT2D eigenvalue weighted by molar-refractivity contribution is -0.144. The maximum absolute atomic E-state index is 12.6. The number of carbonyl (C=O) groups excluding carboxylic acids is 1. The van der Waals surface area contributed by atoms with Gasteiger partial charge in [0.25, 0.3) is 0 Å². The van der Waals surface area contributed by atoms with Crippen LogP contribution < -0.4 is 10.2 Å². The van der Waals surface area contributed by atoms with Gasteiger partial charge < -0.3 is 20.1 Å². The summed E-state index contributed by atoms with van der Waals surface area (Å²) in [6.45, 7) is 5.56. The summed E-state index contributed by atoms with van der Waals surface area (Å²) in [5, 5.41) is 12.4. The molecule has 0 atom stereocenters. The molecular weight excluding hydrogens is 372 g/mol. The number of rotatable bonds is 7. The molecule has 1 saturated carbocycles. The standard InChI is InChI=1S/C21H30N4O4/c1-14(2)11-18(20(28)29-17-5-3-4-6-17)24-16-7-9-25(10-8-16)21-22-12-15(13-23-21)19(26)27/h11-14,16-17,24H,3-10H2,1-2H3,(H,26,27)/b18-11+. The Morgan fingerprint density at radius 1 is 1.17 bits per heavy atom. The van der Waals surface area contributed by atoms with Crippen molar-refractivity contribution < 1.29 is 19.4 Å². The molecule has 0 unspecified atom stereocenters. The van der Waals surface area contributed by atoms with E-state index in [1.54, 1.807) is 0 Å². The van der Waals surface area contributed by atoms with Crippen LogP contribution in [0.15, 0.2) is 24.2 Å². The molecule has 29 heavy (non-hydrogen) atoms. The highest BCUT2D eigenvalue weighted by Crippen LogP contribution is 2.23. The van der Waals surface area contributed by atoms with Crippen molar-refractivity contribution in [1.29, 1.82) is 0 Å². The van der Waals surface area contributed by atoms with Crippen molar-refractivity contribution in [3.05, 3.63) is 29.7 Å². The van der Waals surface area contributed by atoms with Gasteiger partial charge in [-0.05, 0) is 44.4 Å². The van der Waals surface area contributed by atoms with E-state index in [-0.39, 0.29) is 29.6 Å². The number of aromatic carboxylic acids is 1. The van der Waals surface area contributed by atoms with Crippen molar-refractivity contribution in [1.82, 2.24) is 15.3 Å². The monoisotopic (exact) mass is 402 g/mol. The quantitative estimate of drug-likeness (QED) is 0.530. The van der Waals surface area contributed by atoms with Crippen LogP contribution in [0, 0.1) is 5.92 Å². The second-order valence-corrected chi connectivity index (χ2v) is 8.12. The first-order chi connectivity index (χ1) is 13.9. The van der Waals surface area contributed by atoms with Gasteiger partial charge in [0.1, 0.15) is 11.8 Å². The van der Waals surface area contributed by atoms with Crippen LogP contribution in [-0.4, -0.2) is 52.2 Å². The number of piperidine rings is 1. The van der Waals surface area contributed by atoms with Gasteiger partial charge in [-0.1, -0.05) is 19.9 Å². The summed E-state index contributed by atoms with van der Waals surface area (Å²) in [6.07, 6.45) is 10.5. The SMILES string of the molecule is CC(C)/C=C(/NC1CCN(c2ncc(C(=O)O)cn2)CC1)C(=O)OC1CCCC1. The molecule has 158 valence electrons. The zero-order valence-corrected chi connectivity index (χ0v) is 17.1. The number of allylic oxidation sites excluding steroid dienone is 1. The van der Waals surface area contributed by atoms with Gasteiger partial charge in [-0.15, -0.1) is 0 Å². The topological polar surface area (TPSA) is 105 Å². The third-order valence-electron chi connectivity index (χ3n) is 5.32. The fourth-order valence-electron chi connectivity index (χ4n) is 3.77. The average molecular weight is 402 g/mol. The second kappa shape index (κ2) is 9.71. The number of ether oxygens (including phenoxy) is 1. The molecule has 1 aromatic heterocycles. The van der Waals surface area contributed by atoms with Crippen LogP contribution in [0.3, 0.4) is 0 Å². The summed E-state index contributed by atoms with van der Waals surface area (Å²) in [4.78, 5) is 33.9. The van der Waals surface area contributed by atoms with Gasteiger partial charge in [0.05, 0.1) is 5.56 Å². The summed E-state index contributed by atoms with van der Waals surface area (Å²) in [7, 11) is 0. The molecule has 8 nitrogen and oxygen atoms in total. The molecule has 2 fully saturated rings. The normalized spacial score (nSPS) is 18.9. The first-order valence-electron chi connectivity index (χ1n) is 10.4. The number of carboxylic acid groups (broad SMARTS) is 1. The highest BCUT2D eigenvalue weighted by atomic mass is 16.5. The predicted octanol–water partition coefficient (Wildman–Crippen LogP) is 2.76. The van der Waals surface area contributed by atoms with Crippen LogP contribution in [0.1, 0.15) is 62.7 Å². The third-order valence-corrected chi connectivity index (χ3v) is 5.32. The maximum Gasteiger partial charge on any atom is 0.354 e. The number of hydrogen-bond donors (Lipinski definition) is 2. The first-order valence-corrected chi connectivity index (χ1v) is 10.4. The van der Waals surface area contributed by atoms with Gasteiger partial charge in [0, 0.05) is 31.5 Å². The number of carboxylic acids is 1.